The predicted molar refractivity (Wildman–Crippen MR) is 119 cm³/mol. The average Bonchev–Trinajstić information content (AvgIpc) is 3.30. The topological polar surface area (TPSA) is 72.8 Å². The zero-order valence-corrected chi connectivity index (χ0v) is 18.7. The molecule has 1 spiro atoms. The maximum atomic E-state index is 13.9. The molecule has 0 bridgehead atoms. The summed E-state index contributed by atoms with van der Waals surface area (Å²) in [6, 6.07) is 13.4. The molecule has 32 heavy (non-hydrogen) atoms. The van der Waals surface area contributed by atoms with E-state index in [0.717, 1.165) is 11.4 Å². The highest BCUT2D eigenvalue weighted by atomic mass is 32.2. The van der Waals surface area contributed by atoms with Crippen molar-refractivity contribution in [2.24, 2.45) is 0 Å². The van der Waals surface area contributed by atoms with Crippen molar-refractivity contribution in [2.45, 2.75) is 23.3 Å². The third kappa shape index (κ3) is 3.15. The van der Waals surface area contributed by atoms with Gasteiger partial charge in [0.1, 0.15) is 22.2 Å². The molecular formula is C23H24FN3O4S. The van der Waals surface area contributed by atoms with Gasteiger partial charge in [-0.05, 0) is 55.3 Å². The van der Waals surface area contributed by atoms with Crippen LogP contribution < -0.4 is 14.8 Å². The van der Waals surface area contributed by atoms with Crippen LogP contribution in [0.2, 0.25) is 0 Å². The van der Waals surface area contributed by atoms with Crippen molar-refractivity contribution in [3.63, 3.8) is 0 Å². The number of ether oxygens (including phenoxy) is 2. The summed E-state index contributed by atoms with van der Waals surface area (Å²) in [4.78, 5) is 0.0858. The van der Waals surface area contributed by atoms with Crippen molar-refractivity contribution < 1.29 is 22.3 Å². The highest BCUT2D eigenvalue weighted by Crippen LogP contribution is 2.44. The molecule has 9 heteroatoms. The molecule has 5 rings (SSSR count). The van der Waals surface area contributed by atoms with Crippen LogP contribution in [0.4, 0.5) is 10.1 Å². The molecule has 3 heterocycles. The number of sulfonamides is 1. The Bertz CT molecular complexity index is 1280. The van der Waals surface area contributed by atoms with E-state index in [-0.39, 0.29) is 16.5 Å². The van der Waals surface area contributed by atoms with E-state index >= 15 is 0 Å². The maximum Gasteiger partial charge on any atom is 0.246 e. The lowest BCUT2D eigenvalue weighted by Gasteiger charge is -2.45. The number of nitrogens with one attached hydrogen (secondary N) is 1. The third-order valence-electron chi connectivity index (χ3n) is 6.40. The van der Waals surface area contributed by atoms with Crippen molar-refractivity contribution in [3.8, 4) is 17.2 Å². The molecule has 2 aliphatic rings. The van der Waals surface area contributed by atoms with Crippen LogP contribution in [0.15, 0.2) is 59.6 Å². The van der Waals surface area contributed by atoms with E-state index in [4.69, 9.17) is 9.47 Å². The van der Waals surface area contributed by atoms with Crippen molar-refractivity contribution in [3.05, 3.63) is 66.2 Å². The second kappa shape index (κ2) is 7.53. The molecule has 0 amide bonds. The van der Waals surface area contributed by atoms with Gasteiger partial charge in [0.05, 0.1) is 31.1 Å². The van der Waals surface area contributed by atoms with E-state index in [1.165, 1.54) is 36.7 Å². The smallest absolute Gasteiger partial charge is 0.246 e. The Kier molecular flexibility index (Phi) is 4.90. The van der Waals surface area contributed by atoms with Crippen LogP contribution >= 0.6 is 0 Å². The maximum absolute atomic E-state index is 13.9. The van der Waals surface area contributed by atoms with Crippen molar-refractivity contribution in [1.82, 2.24) is 8.87 Å². The van der Waals surface area contributed by atoms with Crippen molar-refractivity contribution >= 4 is 15.7 Å². The van der Waals surface area contributed by atoms with E-state index in [9.17, 15) is 12.8 Å². The number of hydrogen-bond donors (Lipinski definition) is 1. The molecule has 1 fully saturated rings. The molecule has 2 aliphatic heterocycles. The van der Waals surface area contributed by atoms with Crippen LogP contribution in [0.5, 0.6) is 11.5 Å². The minimum absolute atomic E-state index is 0.0858. The summed E-state index contributed by atoms with van der Waals surface area (Å²) in [5.41, 5.74) is 2.16. The number of fused-ring (bicyclic) bond motifs is 4. The molecule has 1 aromatic heterocycles. The molecule has 7 nitrogen and oxygen atoms in total. The molecule has 2 aromatic carbocycles. The van der Waals surface area contributed by atoms with Gasteiger partial charge < -0.3 is 19.4 Å². The van der Waals surface area contributed by atoms with E-state index in [2.05, 4.69) is 9.88 Å². The van der Waals surface area contributed by atoms with E-state index in [1.807, 2.05) is 18.3 Å². The Balaban J connectivity index is 1.46. The zero-order chi connectivity index (χ0) is 22.5. The second-order valence-electron chi connectivity index (χ2n) is 8.05. The minimum atomic E-state index is -3.79. The summed E-state index contributed by atoms with van der Waals surface area (Å²) in [5.74, 6) is 0.413. The first-order valence-corrected chi connectivity index (χ1v) is 11.8. The molecule has 1 saturated heterocycles. The number of methoxy groups -OCH3 is 2. The lowest BCUT2D eigenvalue weighted by Crippen LogP contribution is -2.51. The lowest BCUT2D eigenvalue weighted by molar-refractivity contribution is 0.247. The quantitative estimate of drug-likeness (QED) is 0.646. The fraction of sp³-hybridized carbons (Fsp3) is 0.304. The Labute approximate surface area is 186 Å². The number of hydrogen-bond acceptors (Lipinski definition) is 5. The Morgan fingerprint density at radius 1 is 1.03 bits per heavy atom. The number of benzene rings is 2. The summed E-state index contributed by atoms with van der Waals surface area (Å²) in [6.07, 6.45) is 3.04. The molecule has 0 atom stereocenters. The predicted octanol–water partition coefficient (Wildman–Crippen LogP) is 3.74. The van der Waals surface area contributed by atoms with Crippen LogP contribution in [-0.4, -0.2) is 44.6 Å². The Morgan fingerprint density at radius 3 is 2.53 bits per heavy atom. The third-order valence-corrected chi connectivity index (χ3v) is 8.32. The largest absolute Gasteiger partial charge is 0.497 e. The van der Waals surface area contributed by atoms with Gasteiger partial charge in [0.2, 0.25) is 10.0 Å². The lowest BCUT2D eigenvalue weighted by atomic mass is 9.83. The monoisotopic (exact) mass is 457 g/mol. The summed E-state index contributed by atoms with van der Waals surface area (Å²) in [7, 11) is -0.850. The van der Waals surface area contributed by atoms with Gasteiger partial charge in [-0.1, -0.05) is 0 Å². The van der Waals surface area contributed by atoms with Crippen LogP contribution in [-0.2, 0) is 15.6 Å². The molecule has 1 N–H and O–H groups in total. The van der Waals surface area contributed by atoms with Crippen LogP contribution in [0.3, 0.4) is 0 Å². The van der Waals surface area contributed by atoms with Gasteiger partial charge in [0.15, 0.2) is 0 Å². The van der Waals surface area contributed by atoms with E-state index < -0.39 is 15.6 Å². The number of anilines is 1. The van der Waals surface area contributed by atoms with Gasteiger partial charge in [0.25, 0.3) is 0 Å². The summed E-state index contributed by atoms with van der Waals surface area (Å²) >= 11 is 0. The molecule has 0 saturated carbocycles. The number of aromatic nitrogens is 1. The number of nitrogens with zero attached hydrogens (tertiary/aromatic N) is 2. The van der Waals surface area contributed by atoms with Crippen LogP contribution in [0.25, 0.3) is 5.69 Å². The summed E-state index contributed by atoms with van der Waals surface area (Å²) in [6.45, 7) is 0.622. The SMILES string of the molecule is COc1ccc(OC)c(S(=O)(=O)N2CCC3(CC2)Nc2cc(F)ccc2-n2cccc23)c1. The molecule has 3 aromatic rings. The van der Waals surface area contributed by atoms with E-state index in [0.29, 0.717) is 37.4 Å². The van der Waals surface area contributed by atoms with Gasteiger partial charge in [-0.2, -0.15) is 4.31 Å². The summed E-state index contributed by atoms with van der Waals surface area (Å²) < 4.78 is 54.9. The van der Waals surface area contributed by atoms with E-state index in [1.54, 1.807) is 18.2 Å². The average molecular weight is 458 g/mol. The van der Waals surface area contributed by atoms with Crippen LogP contribution in [0.1, 0.15) is 18.5 Å². The highest BCUT2D eigenvalue weighted by molar-refractivity contribution is 7.89. The second-order valence-corrected chi connectivity index (χ2v) is 9.96. The standard InChI is InChI=1S/C23H24FN3O4S/c1-30-17-6-8-20(31-2)21(15-17)32(28,29)26-12-9-23(10-13-26)22-4-3-11-27(22)19-7-5-16(24)14-18(19)25-23/h3-8,11,14-15,25H,9-10,12-13H2,1-2H3. The first-order chi connectivity index (χ1) is 15.4. The van der Waals surface area contributed by atoms with Gasteiger partial charge >= 0.3 is 0 Å². The molecule has 0 radical (unpaired) electrons. The highest BCUT2D eigenvalue weighted by Gasteiger charge is 2.44. The summed E-state index contributed by atoms with van der Waals surface area (Å²) in [5, 5.41) is 3.52. The van der Waals surface area contributed by atoms with Gasteiger partial charge in [-0.15, -0.1) is 0 Å². The first kappa shape index (κ1) is 20.8. The fourth-order valence-electron chi connectivity index (χ4n) is 4.74. The van der Waals surface area contributed by atoms with Gasteiger partial charge in [0, 0.05) is 31.0 Å². The molecular weight excluding hydrogens is 433 g/mol. The van der Waals surface area contributed by atoms with Crippen LogP contribution in [0, 0.1) is 5.82 Å². The number of rotatable bonds is 4. The first-order valence-electron chi connectivity index (χ1n) is 10.4. The Hall–Kier alpha value is -3.04. The zero-order valence-electron chi connectivity index (χ0n) is 17.8. The van der Waals surface area contributed by atoms with Crippen molar-refractivity contribution in [1.29, 1.82) is 0 Å². The minimum Gasteiger partial charge on any atom is -0.497 e. The molecule has 168 valence electrons. The Morgan fingerprint density at radius 2 is 1.81 bits per heavy atom. The number of halogens is 1. The normalized spacial score (nSPS) is 17.3. The van der Waals surface area contributed by atoms with Gasteiger partial charge in [-0.25, -0.2) is 12.8 Å². The van der Waals surface area contributed by atoms with Crippen molar-refractivity contribution in [2.75, 3.05) is 32.6 Å². The molecule has 0 unspecified atom stereocenters. The van der Waals surface area contributed by atoms with Gasteiger partial charge in [-0.3, -0.25) is 0 Å². The molecule has 0 aliphatic carbocycles. The fourth-order valence-corrected chi connectivity index (χ4v) is 6.35. The number of piperidine rings is 1.